The first-order valence-corrected chi connectivity index (χ1v) is 7.70. The van der Waals surface area contributed by atoms with Crippen molar-refractivity contribution in [1.29, 1.82) is 0 Å². The molecule has 126 valence electrons. The zero-order chi connectivity index (χ0) is 15.2. The number of likely N-dealkylation sites (N-methyl/N-ethyl adjacent to an activating group) is 1. The normalized spacial score (nSPS) is 10.6. The summed E-state index contributed by atoms with van der Waals surface area (Å²) in [6, 6.07) is 25.6. The second-order valence-electron chi connectivity index (χ2n) is 5.65. The van der Waals surface area contributed by atoms with E-state index >= 15 is 0 Å². The number of rotatable bonds is 5. The molecule has 3 rings (SSSR count). The van der Waals surface area contributed by atoms with Crippen molar-refractivity contribution in [3.8, 4) is 0 Å². The fraction of sp³-hybridized carbons (Fsp3) is 0.143. The number of nitrogens with zero attached hydrogens (tertiary/aromatic N) is 1. The number of benzene rings is 3. The molecule has 0 radical (unpaired) electrons. The minimum Gasteiger partial charge on any atom is -0.298 e. The molecule has 0 N–H and O–H groups in total. The van der Waals surface area contributed by atoms with E-state index in [2.05, 4.69) is 90.8 Å². The molecule has 0 amide bonds. The van der Waals surface area contributed by atoms with Crippen molar-refractivity contribution in [3.05, 3.63) is 90.0 Å². The van der Waals surface area contributed by atoms with Crippen molar-refractivity contribution in [2.45, 2.75) is 6.54 Å². The zero-order valence-electron chi connectivity index (χ0n) is 13.8. The van der Waals surface area contributed by atoms with E-state index in [1.165, 1.54) is 21.9 Å². The average molecular weight is 405 g/mol. The van der Waals surface area contributed by atoms with Gasteiger partial charge in [-0.1, -0.05) is 84.9 Å². The number of halogens is 2. The molecule has 0 unspecified atom stereocenters. The van der Waals surface area contributed by atoms with Crippen LogP contribution in [0.3, 0.4) is 0 Å². The molecule has 1 nitrogen and oxygen atoms in total. The summed E-state index contributed by atoms with van der Waals surface area (Å²) in [5, 5.41) is 2.66. The van der Waals surface area contributed by atoms with Gasteiger partial charge in [-0.25, -0.2) is 0 Å². The Morgan fingerprint density at radius 3 is 2.29 bits per heavy atom. The Labute approximate surface area is 161 Å². The molecule has 0 aromatic heterocycles. The van der Waals surface area contributed by atoms with Crippen LogP contribution in [-0.4, -0.2) is 18.5 Å². The first-order valence-electron chi connectivity index (χ1n) is 7.70. The van der Waals surface area contributed by atoms with Gasteiger partial charge in [-0.2, -0.15) is 0 Å². The van der Waals surface area contributed by atoms with E-state index < -0.39 is 0 Å². The summed E-state index contributed by atoms with van der Waals surface area (Å²) in [4.78, 5) is 2.33. The van der Waals surface area contributed by atoms with Gasteiger partial charge in [0, 0.05) is 13.1 Å². The van der Waals surface area contributed by atoms with E-state index in [0.29, 0.717) is 0 Å². The third kappa shape index (κ3) is 5.48. The maximum Gasteiger partial charge on any atom is 0.0240 e. The highest BCUT2D eigenvalue weighted by atomic mass is 79.9. The van der Waals surface area contributed by atoms with Crippen molar-refractivity contribution in [2.24, 2.45) is 0 Å². The molecular weight excluding hydrogens is 382 g/mol. The first kappa shape index (κ1) is 20.4. The van der Waals surface area contributed by atoms with Gasteiger partial charge in [0.15, 0.2) is 0 Å². The maximum absolute atomic E-state index is 2.33. The van der Waals surface area contributed by atoms with Crippen molar-refractivity contribution < 1.29 is 0 Å². The summed E-state index contributed by atoms with van der Waals surface area (Å²) in [5.41, 5.74) is 2.63. The van der Waals surface area contributed by atoms with Gasteiger partial charge in [0.1, 0.15) is 0 Å². The van der Waals surface area contributed by atoms with Gasteiger partial charge in [-0.3, -0.25) is 4.90 Å². The van der Waals surface area contributed by atoms with Gasteiger partial charge in [0.2, 0.25) is 0 Å². The molecule has 24 heavy (non-hydrogen) atoms. The van der Waals surface area contributed by atoms with E-state index in [-0.39, 0.29) is 29.4 Å². The van der Waals surface area contributed by atoms with Crippen molar-refractivity contribution >= 4 is 46.2 Å². The molecule has 3 aromatic rings. The van der Waals surface area contributed by atoms with E-state index in [1.807, 2.05) is 6.07 Å². The van der Waals surface area contributed by atoms with Crippen LogP contribution in [0.1, 0.15) is 11.1 Å². The van der Waals surface area contributed by atoms with E-state index in [9.17, 15) is 0 Å². The Morgan fingerprint density at radius 2 is 1.50 bits per heavy atom. The predicted molar refractivity (Wildman–Crippen MR) is 113 cm³/mol. The Morgan fingerprint density at radius 1 is 0.833 bits per heavy atom. The molecule has 3 heteroatoms. The number of hydrogen-bond acceptors (Lipinski definition) is 1. The van der Waals surface area contributed by atoms with Crippen LogP contribution in [-0.2, 0) is 6.54 Å². The minimum absolute atomic E-state index is 0. The largest absolute Gasteiger partial charge is 0.298 e. The highest BCUT2D eigenvalue weighted by molar-refractivity contribution is 8.93. The molecular formula is C21H23BrClN. The molecule has 0 aliphatic rings. The monoisotopic (exact) mass is 403 g/mol. The van der Waals surface area contributed by atoms with Crippen molar-refractivity contribution in [1.82, 2.24) is 4.90 Å². The Kier molecular flexibility index (Phi) is 8.77. The molecule has 0 aliphatic heterocycles. The minimum atomic E-state index is 0. The van der Waals surface area contributed by atoms with Crippen LogP contribution in [0.5, 0.6) is 0 Å². The third-order valence-corrected chi connectivity index (χ3v) is 3.85. The lowest BCUT2D eigenvalue weighted by molar-refractivity contribution is 0.365. The molecule has 3 aromatic carbocycles. The van der Waals surface area contributed by atoms with E-state index in [1.54, 1.807) is 0 Å². The van der Waals surface area contributed by atoms with E-state index in [0.717, 1.165) is 13.1 Å². The molecule has 0 fully saturated rings. The highest BCUT2D eigenvalue weighted by Crippen LogP contribution is 2.19. The summed E-state index contributed by atoms with van der Waals surface area (Å²) in [6.45, 7) is 1.90. The molecule has 0 aliphatic carbocycles. The fourth-order valence-electron chi connectivity index (χ4n) is 2.72. The number of fused-ring (bicyclic) bond motifs is 1. The van der Waals surface area contributed by atoms with Gasteiger partial charge in [-0.15, -0.1) is 29.4 Å². The Hall–Kier alpha value is -1.61. The Bertz CT molecular complexity index is 766. The second-order valence-corrected chi connectivity index (χ2v) is 5.65. The van der Waals surface area contributed by atoms with Gasteiger partial charge in [0.25, 0.3) is 0 Å². The number of hydrogen-bond donors (Lipinski definition) is 0. The van der Waals surface area contributed by atoms with Gasteiger partial charge in [0.05, 0.1) is 0 Å². The third-order valence-electron chi connectivity index (χ3n) is 3.85. The second kappa shape index (κ2) is 10.3. The SMILES string of the molecule is Br.CN(C/C=C/c1ccccc1)Cc1cccc2ccccc12.Cl. The molecule has 0 saturated carbocycles. The van der Waals surface area contributed by atoms with Crippen LogP contribution < -0.4 is 0 Å². The standard InChI is InChI=1S/C21H21N.BrH.ClH/c1-22(16-8-11-18-9-3-2-4-10-18)17-20-14-7-13-19-12-5-6-15-21(19)20;;/h2-15H,16-17H2,1H3;2*1H/b11-8+;;. The lowest BCUT2D eigenvalue weighted by Crippen LogP contribution is -2.17. The van der Waals surface area contributed by atoms with Crippen LogP contribution in [0, 0.1) is 0 Å². The van der Waals surface area contributed by atoms with Crippen LogP contribution in [0.15, 0.2) is 78.9 Å². The molecule has 0 bridgehead atoms. The molecule has 0 atom stereocenters. The summed E-state index contributed by atoms with van der Waals surface area (Å²) in [6.07, 6.45) is 4.40. The summed E-state index contributed by atoms with van der Waals surface area (Å²) < 4.78 is 0. The molecule has 0 saturated heterocycles. The first-order chi connectivity index (χ1) is 10.8. The van der Waals surface area contributed by atoms with Crippen molar-refractivity contribution in [2.75, 3.05) is 13.6 Å². The van der Waals surface area contributed by atoms with Gasteiger partial charge < -0.3 is 0 Å². The van der Waals surface area contributed by atoms with Crippen LogP contribution in [0.25, 0.3) is 16.8 Å². The lowest BCUT2D eigenvalue weighted by Gasteiger charge is -2.16. The fourth-order valence-corrected chi connectivity index (χ4v) is 2.72. The molecule has 0 heterocycles. The van der Waals surface area contributed by atoms with Crippen LogP contribution in [0.4, 0.5) is 0 Å². The smallest absolute Gasteiger partial charge is 0.0240 e. The highest BCUT2D eigenvalue weighted by Gasteiger charge is 2.03. The zero-order valence-corrected chi connectivity index (χ0v) is 16.3. The lowest BCUT2D eigenvalue weighted by atomic mass is 10.0. The summed E-state index contributed by atoms with van der Waals surface area (Å²) in [7, 11) is 2.16. The quantitative estimate of drug-likeness (QED) is 0.505. The Balaban J connectivity index is 0.00000144. The maximum atomic E-state index is 2.33. The van der Waals surface area contributed by atoms with Crippen molar-refractivity contribution in [3.63, 3.8) is 0 Å². The predicted octanol–water partition coefficient (Wildman–Crippen LogP) is 5.98. The summed E-state index contributed by atoms with van der Waals surface area (Å²) >= 11 is 0. The summed E-state index contributed by atoms with van der Waals surface area (Å²) in [5.74, 6) is 0. The topological polar surface area (TPSA) is 3.24 Å². The average Bonchev–Trinajstić information content (AvgIpc) is 2.56. The van der Waals surface area contributed by atoms with Crippen LogP contribution >= 0.6 is 29.4 Å². The van der Waals surface area contributed by atoms with Crippen LogP contribution in [0.2, 0.25) is 0 Å². The molecule has 0 spiro atoms. The van der Waals surface area contributed by atoms with Gasteiger partial charge in [-0.05, 0) is 28.9 Å². The van der Waals surface area contributed by atoms with Gasteiger partial charge >= 0.3 is 0 Å². The van der Waals surface area contributed by atoms with E-state index in [4.69, 9.17) is 0 Å².